The Hall–Kier alpha value is -0.990. The van der Waals surface area contributed by atoms with Crippen LogP contribution in [0.2, 0.25) is 0 Å². The Labute approximate surface area is 80.6 Å². The molecule has 76 valence electrons. The lowest BCUT2D eigenvalue weighted by Gasteiger charge is -2.18. The zero-order valence-corrected chi connectivity index (χ0v) is 9.00. The molecule has 0 aromatic heterocycles. The molecule has 0 aromatic carbocycles. The van der Waals surface area contributed by atoms with Crippen LogP contribution >= 0.6 is 0 Å². The molecule has 0 rings (SSSR count). The zero-order chi connectivity index (χ0) is 10.4. The van der Waals surface area contributed by atoms with Gasteiger partial charge in [-0.25, -0.2) is 0 Å². The number of primary amides is 1. The summed E-state index contributed by atoms with van der Waals surface area (Å²) in [4.78, 5) is 13.1. The molecule has 0 aliphatic carbocycles. The summed E-state index contributed by atoms with van der Waals surface area (Å²) >= 11 is 0. The summed E-state index contributed by atoms with van der Waals surface area (Å²) in [5, 5.41) is 0. The van der Waals surface area contributed by atoms with Crippen LogP contribution in [0.15, 0.2) is 11.8 Å². The maximum absolute atomic E-state index is 11.0. The van der Waals surface area contributed by atoms with Crippen molar-refractivity contribution in [3.05, 3.63) is 11.8 Å². The van der Waals surface area contributed by atoms with Gasteiger partial charge in [-0.2, -0.15) is 0 Å². The third kappa shape index (κ3) is 3.97. The van der Waals surface area contributed by atoms with Gasteiger partial charge in [-0.3, -0.25) is 4.79 Å². The first-order valence-corrected chi connectivity index (χ1v) is 4.78. The van der Waals surface area contributed by atoms with E-state index in [2.05, 4.69) is 18.7 Å². The van der Waals surface area contributed by atoms with Crippen LogP contribution in [0.3, 0.4) is 0 Å². The molecule has 0 radical (unpaired) electrons. The fourth-order valence-corrected chi connectivity index (χ4v) is 1.10. The van der Waals surface area contributed by atoms with Gasteiger partial charge in [0.05, 0.1) is 0 Å². The standard InChI is InChI=1S/C10H20N2O/c1-5-12(6-2)7-9(8(3)4)10(11)13/h7-8H,5-6H2,1-4H3,(H2,11,13). The number of carbonyl (C=O) groups excluding carboxylic acids is 1. The highest BCUT2D eigenvalue weighted by Gasteiger charge is 2.10. The number of hydrogen-bond acceptors (Lipinski definition) is 2. The summed E-state index contributed by atoms with van der Waals surface area (Å²) in [5.41, 5.74) is 5.96. The highest BCUT2D eigenvalue weighted by molar-refractivity contribution is 5.92. The van der Waals surface area contributed by atoms with Gasteiger partial charge >= 0.3 is 0 Å². The van der Waals surface area contributed by atoms with Gasteiger partial charge in [0.25, 0.3) is 0 Å². The van der Waals surface area contributed by atoms with Crippen LogP contribution in [0.1, 0.15) is 27.7 Å². The molecular formula is C10H20N2O. The van der Waals surface area contributed by atoms with Gasteiger partial charge < -0.3 is 10.6 Å². The molecule has 0 fully saturated rings. The monoisotopic (exact) mass is 184 g/mol. The molecule has 2 N–H and O–H groups in total. The van der Waals surface area contributed by atoms with Crippen molar-refractivity contribution in [3.63, 3.8) is 0 Å². The van der Waals surface area contributed by atoms with Crippen molar-refractivity contribution in [1.29, 1.82) is 0 Å². The molecule has 0 unspecified atom stereocenters. The Balaban J connectivity index is 4.60. The lowest BCUT2D eigenvalue weighted by molar-refractivity contribution is -0.115. The fraction of sp³-hybridized carbons (Fsp3) is 0.700. The quantitative estimate of drug-likeness (QED) is 0.656. The summed E-state index contributed by atoms with van der Waals surface area (Å²) < 4.78 is 0. The maximum Gasteiger partial charge on any atom is 0.246 e. The molecule has 0 saturated carbocycles. The van der Waals surface area contributed by atoms with Crippen LogP contribution in [0.5, 0.6) is 0 Å². The van der Waals surface area contributed by atoms with E-state index in [1.807, 2.05) is 20.0 Å². The van der Waals surface area contributed by atoms with Crippen LogP contribution in [0.4, 0.5) is 0 Å². The Morgan fingerprint density at radius 2 is 1.85 bits per heavy atom. The van der Waals surface area contributed by atoms with Crippen molar-refractivity contribution in [2.75, 3.05) is 13.1 Å². The Kier molecular flexibility index (Phi) is 5.19. The van der Waals surface area contributed by atoms with Crippen molar-refractivity contribution in [2.45, 2.75) is 27.7 Å². The number of nitrogens with zero attached hydrogens (tertiary/aromatic N) is 1. The summed E-state index contributed by atoms with van der Waals surface area (Å²) in [6.07, 6.45) is 1.87. The smallest absolute Gasteiger partial charge is 0.246 e. The third-order valence-corrected chi connectivity index (χ3v) is 2.04. The number of carbonyl (C=O) groups is 1. The summed E-state index contributed by atoms with van der Waals surface area (Å²) in [6, 6.07) is 0. The lowest BCUT2D eigenvalue weighted by Crippen LogP contribution is -2.23. The minimum absolute atomic E-state index is 0.193. The minimum Gasteiger partial charge on any atom is -0.378 e. The minimum atomic E-state index is -0.318. The van der Waals surface area contributed by atoms with E-state index >= 15 is 0 Å². The molecule has 0 aliphatic rings. The highest BCUT2D eigenvalue weighted by Crippen LogP contribution is 2.09. The van der Waals surface area contributed by atoms with E-state index in [-0.39, 0.29) is 11.8 Å². The average molecular weight is 184 g/mol. The summed E-state index contributed by atoms with van der Waals surface area (Å²) in [6.45, 7) is 9.86. The molecule has 0 bridgehead atoms. The van der Waals surface area contributed by atoms with Gasteiger partial charge in [0.2, 0.25) is 5.91 Å². The molecule has 0 spiro atoms. The molecule has 0 heterocycles. The van der Waals surface area contributed by atoms with Crippen molar-refractivity contribution >= 4 is 5.91 Å². The molecular weight excluding hydrogens is 164 g/mol. The van der Waals surface area contributed by atoms with E-state index in [1.54, 1.807) is 0 Å². The Bertz CT molecular complexity index is 193. The first kappa shape index (κ1) is 12.0. The second-order valence-electron chi connectivity index (χ2n) is 3.32. The molecule has 0 aliphatic heterocycles. The fourth-order valence-electron chi connectivity index (χ4n) is 1.10. The topological polar surface area (TPSA) is 46.3 Å². The van der Waals surface area contributed by atoms with Crippen LogP contribution in [0, 0.1) is 5.92 Å². The first-order valence-electron chi connectivity index (χ1n) is 4.78. The summed E-state index contributed by atoms with van der Waals surface area (Å²) in [5.74, 6) is -0.125. The number of hydrogen-bond donors (Lipinski definition) is 1. The predicted octanol–water partition coefficient (Wildman–Crippen LogP) is 1.35. The largest absolute Gasteiger partial charge is 0.378 e. The van der Waals surface area contributed by atoms with Gasteiger partial charge in [0, 0.05) is 24.9 Å². The molecule has 3 nitrogen and oxygen atoms in total. The normalized spacial score (nSPS) is 11.9. The third-order valence-electron chi connectivity index (χ3n) is 2.04. The van der Waals surface area contributed by atoms with Gasteiger partial charge in [-0.1, -0.05) is 13.8 Å². The van der Waals surface area contributed by atoms with E-state index in [0.717, 1.165) is 13.1 Å². The van der Waals surface area contributed by atoms with Crippen LogP contribution in [0.25, 0.3) is 0 Å². The van der Waals surface area contributed by atoms with E-state index in [1.165, 1.54) is 0 Å². The summed E-state index contributed by atoms with van der Waals surface area (Å²) in [7, 11) is 0. The van der Waals surface area contributed by atoms with Crippen LogP contribution in [-0.4, -0.2) is 23.9 Å². The highest BCUT2D eigenvalue weighted by atomic mass is 16.1. The van der Waals surface area contributed by atoms with Gasteiger partial charge in [0.15, 0.2) is 0 Å². The van der Waals surface area contributed by atoms with Crippen molar-refractivity contribution in [1.82, 2.24) is 4.90 Å². The van der Waals surface area contributed by atoms with Crippen molar-refractivity contribution < 1.29 is 4.79 Å². The van der Waals surface area contributed by atoms with E-state index in [0.29, 0.717) is 5.57 Å². The molecule has 13 heavy (non-hydrogen) atoms. The first-order chi connectivity index (χ1) is 6.02. The molecule has 0 atom stereocenters. The number of nitrogens with two attached hydrogens (primary N) is 1. The Morgan fingerprint density at radius 3 is 2.08 bits per heavy atom. The van der Waals surface area contributed by atoms with E-state index < -0.39 is 0 Å². The second-order valence-corrected chi connectivity index (χ2v) is 3.32. The number of amides is 1. The van der Waals surface area contributed by atoms with Crippen LogP contribution < -0.4 is 5.73 Å². The molecule has 1 amide bonds. The lowest BCUT2D eigenvalue weighted by atomic mass is 10.0. The molecule has 3 heteroatoms. The van der Waals surface area contributed by atoms with Gasteiger partial charge in [-0.05, 0) is 19.8 Å². The van der Waals surface area contributed by atoms with Crippen LogP contribution in [-0.2, 0) is 4.79 Å². The predicted molar refractivity (Wildman–Crippen MR) is 55.0 cm³/mol. The molecule has 0 aromatic rings. The maximum atomic E-state index is 11.0. The van der Waals surface area contributed by atoms with Crippen molar-refractivity contribution in [3.8, 4) is 0 Å². The van der Waals surface area contributed by atoms with E-state index in [4.69, 9.17) is 5.73 Å². The number of rotatable bonds is 5. The molecule has 0 saturated heterocycles. The van der Waals surface area contributed by atoms with Gasteiger partial charge in [-0.15, -0.1) is 0 Å². The zero-order valence-electron chi connectivity index (χ0n) is 9.00. The second kappa shape index (κ2) is 5.62. The van der Waals surface area contributed by atoms with Crippen molar-refractivity contribution in [2.24, 2.45) is 11.7 Å². The van der Waals surface area contributed by atoms with E-state index in [9.17, 15) is 4.79 Å². The SMILES string of the molecule is CCN(C=C(C(N)=O)C(C)C)CC. The van der Waals surface area contributed by atoms with Gasteiger partial charge in [0.1, 0.15) is 0 Å². The average Bonchev–Trinajstić information content (AvgIpc) is 2.05. The Morgan fingerprint density at radius 1 is 1.38 bits per heavy atom.